The molecule has 0 unspecified atom stereocenters. The average Bonchev–Trinajstić information content (AvgIpc) is 2.51. The number of aromatic nitrogens is 2. The number of hydrogen-bond donors (Lipinski definition) is 1. The van der Waals surface area contributed by atoms with Crippen molar-refractivity contribution in [1.82, 2.24) is 9.78 Å². The molecule has 1 fully saturated rings. The van der Waals surface area contributed by atoms with Crippen molar-refractivity contribution in [3.63, 3.8) is 0 Å². The maximum absolute atomic E-state index is 12.1. The van der Waals surface area contributed by atoms with Gasteiger partial charge in [0.15, 0.2) is 0 Å². The Balaban J connectivity index is 2.03. The molecule has 1 aliphatic carbocycles. The Morgan fingerprint density at radius 2 is 2.22 bits per heavy atom. The van der Waals surface area contributed by atoms with Crippen LogP contribution in [-0.4, -0.2) is 22.1 Å². The van der Waals surface area contributed by atoms with E-state index in [4.69, 9.17) is 17.3 Å². The number of halogens is 1. The second-order valence-corrected chi connectivity index (χ2v) is 5.79. The first-order chi connectivity index (χ1) is 8.47. The number of nitrogens with two attached hydrogens (primary N) is 1. The summed E-state index contributed by atoms with van der Waals surface area (Å²) in [6, 6.07) is 0. The third-order valence-electron chi connectivity index (χ3n) is 4.06. The first-order valence-corrected chi connectivity index (χ1v) is 6.75. The fourth-order valence-electron chi connectivity index (χ4n) is 2.68. The van der Waals surface area contributed by atoms with Crippen molar-refractivity contribution in [2.24, 2.45) is 18.2 Å². The van der Waals surface area contributed by atoms with Crippen molar-refractivity contribution >= 4 is 17.4 Å². The lowest BCUT2D eigenvalue weighted by molar-refractivity contribution is -0.122. The highest BCUT2D eigenvalue weighted by molar-refractivity contribution is 6.30. The summed E-state index contributed by atoms with van der Waals surface area (Å²) in [4.78, 5) is 12.1. The summed E-state index contributed by atoms with van der Waals surface area (Å²) in [5.74, 6) is 0.221. The molecule has 5 heteroatoms. The van der Waals surface area contributed by atoms with Gasteiger partial charge in [0.25, 0.3) is 0 Å². The number of hydrogen-bond acceptors (Lipinski definition) is 3. The van der Waals surface area contributed by atoms with Crippen LogP contribution < -0.4 is 5.73 Å². The van der Waals surface area contributed by atoms with E-state index in [2.05, 4.69) is 5.10 Å². The second kappa shape index (κ2) is 5.02. The van der Waals surface area contributed by atoms with Gasteiger partial charge in [-0.1, -0.05) is 18.0 Å². The fourth-order valence-corrected chi connectivity index (χ4v) is 2.92. The number of ketones is 1. The Morgan fingerprint density at radius 1 is 1.56 bits per heavy atom. The molecule has 4 nitrogen and oxygen atoms in total. The topological polar surface area (TPSA) is 60.9 Å². The van der Waals surface area contributed by atoms with Gasteiger partial charge in [0.2, 0.25) is 0 Å². The van der Waals surface area contributed by atoms with Gasteiger partial charge in [-0.05, 0) is 31.7 Å². The number of Topliss-reactive ketones (excluding diaryl/α,β-unsaturated/α-hetero) is 1. The average molecular weight is 270 g/mol. The Hall–Kier alpha value is -0.870. The van der Waals surface area contributed by atoms with Gasteiger partial charge in [-0.2, -0.15) is 5.10 Å². The molecule has 1 aromatic rings. The molecule has 1 aromatic heterocycles. The molecule has 0 aromatic carbocycles. The van der Waals surface area contributed by atoms with Crippen LogP contribution in [0.4, 0.5) is 0 Å². The van der Waals surface area contributed by atoms with Crippen molar-refractivity contribution in [1.29, 1.82) is 0 Å². The van der Waals surface area contributed by atoms with Gasteiger partial charge in [-0.15, -0.1) is 0 Å². The summed E-state index contributed by atoms with van der Waals surface area (Å²) in [6.07, 6.45) is 4.30. The zero-order valence-electron chi connectivity index (χ0n) is 11.0. The monoisotopic (exact) mass is 269 g/mol. The third kappa shape index (κ3) is 2.45. The Kier molecular flexibility index (Phi) is 3.78. The summed E-state index contributed by atoms with van der Waals surface area (Å²) >= 11 is 6.13. The molecule has 2 rings (SSSR count). The van der Waals surface area contributed by atoms with Gasteiger partial charge in [0.1, 0.15) is 10.9 Å². The normalized spacial score (nSPS) is 17.6. The van der Waals surface area contributed by atoms with E-state index in [9.17, 15) is 4.79 Å². The maximum Gasteiger partial charge on any atom is 0.138 e. The van der Waals surface area contributed by atoms with E-state index in [0.29, 0.717) is 24.5 Å². The number of rotatable bonds is 5. The van der Waals surface area contributed by atoms with Gasteiger partial charge in [-0.25, -0.2) is 0 Å². The molecule has 0 atom stereocenters. The summed E-state index contributed by atoms with van der Waals surface area (Å²) in [7, 11) is 1.79. The summed E-state index contributed by atoms with van der Waals surface area (Å²) < 4.78 is 1.61. The molecule has 1 saturated carbocycles. The molecular formula is C13H20ClN3O. The van der Waals surface area contributed by atoms with E-state index in [1.165, 1.54) is 6.42 Å². The maximum atomic E-state index is 12.1. The molecule has 1 heterocycles. The Bertz CT molecular complexity index is 458. The van der Waals surface area contributed by atoms with Crippen LogP contribution in [0.1, 0.15) is 36.9 Å². The van der Waals surface area contributed by atoms with Crippen molar-refractivity contribution in [2.45, 2.75) is 39.0 Å². The van der Waals surface area contributed by atoms with E-state index >= 15 is 0 Å². The van der Waals surface area contributed by atoms with Gasteiger partial charge >= 0.3 is 0 Å². The van der Waals surface area contributed by atoms with Gasteiger partial charge < -0.3 is 5.73 Å². The quantitative estimate of drug-likeness (QED) is 0.890. The van der Waals surface area contributed by atoms with Gasteiger partial charge in [0.05, 0.1) is 5.69 Å². The molecule has 0 bridgehead atoms. The predicted octanol–water partition coefficient (Wildman–Crippen LogP) is 2.01. The lowest BCUT2D eigenvalue weighted by atomic mass is 9.65. The van der Waals surface area contributed by atoms with E-state index in [1.54, 1.807) is 11.7 Å². The smallest absolute Gasteiger partial charge is 0.138 e. The van der Waals surface area contributed by atoms with Crippen LogP contribution in [0.3, 0.4) is 0 Å². The molecule has 1 aliphatic rings. The van der Waals surface area contributed by atoms with E-state index in [1.807, 2.05) is 6.92 Å². The molecule has 18 heavy (non-hydrogen) atoms. The molecule has 0 saturated heterocycles. The minimum absolute atomic E-state index is 0.0691. The Labute approximate surface area is 112 Å². The van der Waals surface area contributed by atoms with E-state index in [-0.39, 0.29) is 11.2 Å². The highest BCUT2D eigenvalue weighted by Crippen LogP contribution is 2.43. The molecule has 2 N–H and O–H groups in total. The van der Waals surface area contributed by atoms with Crippen LogP contribution in [0.25, 0.3) is 0 Å². The minimum Gasteiger partial charge on any atom is -0.330 e. The van der Waals surface area contributed by atoms with Gasteiger partial charge in [0, 0.05) is 25.5 Å². The number of nitrogens with zero attached hydrogens (tertiary/aromatic N) is 2. The summed E-state index contributed by atoms with van der Waals surface area (Å²) in [6.45, 7) is 2.50. The predicted molar refractivity (Wildman–Crippen MR) is 71.6 cm³/mol. The van der Waals surface area contributed by atoms with Crippen LogP contribution in [0, 0.1) is 12.3 Å². The Morgan fingerprint density at radius 3 is 2.61 bits per heavy atom. The van der Waals surface area contributed by atoms with Crippen LogP contribution in [-0.2, 0) is 18.3 Å². The van der Waals surface area contributed by atoms with Crippen LogP contribution >= 0.6 is 11.6 Å². The molecule has 100 valence electrons. The largest absolute Gasteiger partial charge is 0.330 e. The van der Waals surface area contributed by atoms with E-state index in [0.717, 1.165) is 24.1 Å². The fraction of sp³-hybridized carbons (Fsp3) is 0.692. The zero-order chi connectivity index (χ0) is 13.3. The second-order valence-electron chi connectivity index (χ2n) is 5.43. The van der Waals surface area contributed by atoms with Crippen LogP contribution in [0.2, 0.25) is 5.15 Å². The van der Waals surface area contributed by atoms with Crippen molar-refractivity contribution < 1.29 is 4.79 Å². The van der Waals surface area contributed by atoms with Crippen molar-refractivity contribution in [3.8, 4) is 0 Å². The first kappa shape index (κ1) is 13.6. The molecule has 0 amide bonds. The van der Waals surface area contributed by atoms with Crippen molar-refractivity contribution in [3.05, 3.63) is 16.4 Å². The van der Waals surface area contributed by atoms with Crippen LogP contribution in [0.5, 0.6) is 0 Å². The highest BCUT2D eigenvalue weighted by Gasteiger charge is 2.37. The minimum atomic E-state index is 0.0691. The van der Waals surface area contributed by atoms with Crippen LogP contribution in [0.15, 0.2) is 0 Å². The highest BCUT2D eigenvalue weighted by atomic mass is 35.5. The lowest BCUT2D eigenvalue weighted by Gasteiger charge is -2.40. The molecule has 0 spiro atoms. The zero-order valence-corrected chi connectivity index (χ0v) is 11.8. The summed E-state index contributed by atoms with van der Waals surface area (Å²) in [5, 5.41) is 4.79. The molecule has 0 radical (unpaired) electrons. The number of carbonyl (C=O) groups excluding carboxylic acids is 1. The number of aryl methyl sites for hydroxylation is 2. The lowest BCUT2D eigenvalue weighted by Crippen LogP contribution is -2.39. The van der Waals surface area contributed by atoms with Gasteiger partial charge in [-0.3, -0.25) is 9.48 Å². The summed E-state index contributed by atoms with van der Waals surface area (Å²) in [5.41, 5.74) is 7.54. The van der Waals surface area contributed by atoms with E-state index < -0.39 is 0 Å². The molecule has 0 aliphatic heterocycles. The number of carbonyl (C=O) groups is 1. The molecular weight excluding hydrogens is 250 g/mol. The standard InChI is InChI=1S/C13H20ClN3O/c1-9-11(12(14)17(2)16-9)6-10(18)7-13(8-15)4-3-5-13/h3-8,15H2,1-2H3. The van der Waals surface area contributed by atoms with Crippen molar-refractivity contribution in [2.75, 3.05) is 6.54 Å². The first-order valence-electron chi connectivity index (χ1n) is 6.37. The SMILES string of the molecule is Cc1nn(C)c(Cl)c1CC(=O)CC1(CN)CCC1. The third-order valence-corrected chi connectivity index (χ3v) is 4.54.